The number of nitriles is 1. The summed E-state index contributed by atoms with van der Waals surface area (Å²) in [6.45, 7) is 0. The Morgan fingerprint density at radius 3 is 2.44 bits per heavy atom. The molecular formula is C21H16N4O2. The van der Waals surface area contributed by atoms with Crippen LogP contribution in [0.3, 0.4) is 0 Å². The Kier molecular flexibility index (Phi) is 4.33. The van der Waals surface area contributed by atoms with Crippen LogP contribution in [0.25, 0.3) is 5.52 Å². The van der Waals surface area contributed by atoms with Gasteiger partial charge in [-0.15, -0.1) is 0 Å². The fourth-order valence-electron chi connectivity index (χ4n) is 2.80. The third-order valence-electron chi connectivity index (χ3n) is 4.09. The Morgan fingerprint density at radius 1 is 1.00 bits per heavy atom. The molecule has 6 nitrogen and oxygen atoms in total. The lowest BCUT2D eigenvalue weighted by molar-refractivity contribution is 0.420. The van der Waals surface area contributed by atoms with E-state index >= 15 is 0 Å². The number of rotatable bonds is 5. The Balaban J connectivity index is 1.64. The summed E-state index contributed by atoms with van der Waals surface area (Å²) in [5.74, 6) is 2.15. The number of nitrogens with zero attached hydrogens (tertiary/aromatic N) is 3. The number of ether oxygens (including phenoxy) is 2. The van der Waals surface area contributed by atoms with Crippen LogP contribution in [0.2, 0.25) is 0 Å². The minimum absolute atomic E-state index is 0.434. The molecule has 0 fully saturated rings. The van der Waals surface area contributed by atoms with Crippen LogP contribution in [0.15, 0.2) is 73.1 Å². The first-order valence-corrected chi connectivity index (χ1v) is 8.33. The van der Waals surface area contributed by atoms with Gasteiger partial charge in [-0.2, -0.15) is 10.4 Å². The zero-order valence-corrected chi connectivity index (χ0v) is 14.6. The van der Waals surface area contributed by atoms with E-state index in [-0.39, 0.29) is 0 Å². The maximum absolute atomic E-state index is 9.47. The molecule has 1 N–H and O–H groups in total. The number of hydrogen-bond acceptors (Lipinski definition) is 5. The average Bonchev–Trinajstić information content (AvgIpc) is 3.14. The summed E-state index contributed by atoms with van der Waals surface area (Å²) in [4.78, 5) is 0. The van der Waals surface area contributed by atoms with Crippen molar-refractivity contribution in [3.05, 3.63) is 78.6 Å². The van der Waals surface area contributed by atoms with Crippen molar-refractivity contribution in [3.63, 3.8) is 0 Å². The fourth-order valence-corrected chi connectivity index (χ4v) is 2.80. The van der Waals surface area contributed by atoms with Gasteiger partial charge in [0.2, 0.25) is 0 Å². The maximum atomic E-state index is 9.47. The van der Waals surface area contributed by atoms with Gasteiger partial charge in [-0.05, 0) is 36.4 Å². The van der Waals surface area contributed by atoms with E-state index in [0.717, 1.165) is 17.2 Å². The Labute approximate surface area is 156 Å². The van der Waals surface area contributed by atoms with Crippen LogP contribution in [0.1, 0.15) is 5.56 Å². The summed E-state index contributed by atoms with van der Waals surface area (Å²) in [7, 11) is 1.59. The van der Waals surface area contributed by atoms with Gasteiger partial charge in [0.25, 0.3) is 0 Å². The summed E-state index contributed by atoms with van der Waals surface area (Å²) >= 11 is 0. The minimum atomic E-state index is 0.434. The predicted molar refractivity (Wildman–Crippen MR) is 103 cm³/mol. The molecule has 2 aromatic heterocycles. The van der Waals surface area contributed by atoms with Crippen molar-refractivity contribution in [3.8, 4) is 23.3 Å². The summed E-state index contributed by atoms with van der Waals surface area (Å²) < 4.78 is 12.9. The first-order chi connectivity index (χ1) is 13.3. The minimum Gasteiger partial charge on any atom is -0.494 e. The summed E-state index contributed by atoms with van der Waals surface area (Å²) in [6, 6.07) is 21.1. The molecule has 4 aromatic rings. The molecular weight excluding hydrogens is 340 g/mol. The van der Waals surface area contributed by atoms with Gasteiger partial charge in [0.05, 0.1) is 24.6 Å². The highest BCUT2D eigenvalue weighted by Crippen LogP contribution is 2.33. The monoisotopic (exact) mass is 356 g/mol. The number of methoxy groups -OCH3 is 1. The van der Waals surface area contributed by atoms with E-state index in [1.165, 1.54) is 6.20 Å². The molecule has 132 valence electrons. The molecule has 0 saturated carbocycles. The molecule has 6 heteroatoms. The predicted octanol–water partition coefficient (Wildman–Crippen LogP) is 4.75. The lowest BCUT2D eigenvalue weighted by Crippen LogP contribution is -2.01. The normalized spacial score (nSPS) is 10.4. The molecule has 2 heterocycles. The summed E-state index contributed by atoms with van der Waals surface area (Å²) in [6.07, 6.45) is 3.32. The number of fused-ring (bicyclic) bond motifs is 1. The van der Waals surface area contributed by atoms with E-state index in [0.29, 0.717) is 22.5 Å². The van der Waals surface area contributed by atoms with Crippen LogP contribution in [0.5, 0.6) is 17.2 Å². The van der Waals surface area contributed by atoms with E-state index < -0.39 is 0 Å². The van der Waals surface area contributed by atoms with Gasteiger partial charge >= 0.3 is 0 Å². The molecule has 0 unspecified atom stereocenters. The first kappa shape index (κ1) is 16.5. The van der Waals surface area contributed by atoms with E-state index in [1.807, 2.05) is 60.7 Å². The molecule has 0 atom stereocenters. The quantitative estimate of drug-likeness (QED) is 0.559. The van der Waals surface area contributed by atoms with E-state index in [4.69, 9.17) is 9.47 Å². The number of benzene rings is 2. The lowest BCUT2D eigenvalue weighted by Gasteiger charge is -2.12. The highest BCUT2D eigenvalue weighted by Gasteiger charge is 2.14. The number of aromatic nitrogens is 2. The zero-order chi connectivity index (χ0) is 18.6. The zero-order valence-electron chi connectivity index (χ0n) is 14.6. The standard InChI is InChI=1S/C21H16N4O2/c1-26-19-11-12-25-21(19)20(15(13-22)14-23-25)24-16-7-9-18(10-8-16)27-17-5-3-2-4-6-17/h2-12,14,24H,1H3. The van der Waals surface area contributed by atoms with E-state index in [9.17, 15) is 5.26 Å². The highest BCUT2D eigenvalue weighted by atomic mass is 16.5. The fraction of sp³-hybridized carbons (Fsp3) is 0.0476. The van der Waals surface area contributed by atoms with Gasteiger partial charge in [0, 0.05) is 18.0 Å². The second kappa shape index (κ2) is 7.10. The summed E-state index contributed by atoms with van der Waals surface area (Å²) in [5.41, 5.74) is 2.61. The lowest BCUT2D eigenvalue weighted by atomic mass is 10.2. The largest absolute Gasteiger partial charge is 0.494 e. The topological polar surface area (TPSA) is 71.6 Å². The van der Waals surface area contributed by atoms with Crippen LogP contribution in [0, 0.1) is 11.3 Å². The van der Waals surface area contributed by atoms with Crippen LogP contribution >= 0.6 is 0 Å². The SMILES string of the molecule is COc1ccn2ncc(C#N)c(Nc3ccc(Oc4ccccc4)cc3)c12. The van der Waals surface area contributed by atoms with Gasteiger partial charge in [-0.1, -0.05) is 18.2 Å². The Morgan fingerprint density at radius 2 is 1.74 bits per heavy atom. The van der Waals surface area contributed by atoms with E-state index in [2.05, 4.69) is 16.5 Å². The van der Waals surface area contributed by atoms with Gasteiger partial charge < -0.3 is 14.8 Å². The van der Waals surface area contributed by atoms with E-state index in [1.54, 1.807) is 17.8 Å². The summed E-state index contributed by atoms with van der Waals surface area (Å²) in [5, 5.41) is 17.0. The van der Waals surface area contributed by atoms with Crippen molar-refractivity contribution in [2.24, 2.45) is 0 Å². The van der Waals surface area contributed by atoms with Gasteiger partial charge in [0.15, 0.2) is 0 Å². The molecule has 0 radical (unpaired) electrons. The van der Waals surface area contributed by atoms with Crippen LogP contribution in [0.4, 0.5) is 11.4 Å². The molecule has 0 spiro atoms. The molecule has 2 aromatic carbocycles. The molecule has 0 amide bonds. The second-order valence-corrected chi connectivity index (χ2v) is 5.79. The van der Waals surface area contributed by atoms with Gasteiger partial charge in [-0.3, -0.25) is 0 Å². The van der Waals surface area contributed by atoms with Crippen molar-refractivity contribution in [2.75, 3.05) is 12.4 Å². The smallest absolute Gasteiger partial charge is 0.148 e. The van der Waals surface area contributed by atoms with Crippen LogP contribution in [-0.4, -0.2) is 16.7 Å². The Hall–Kier alpha value is -3.98. The van der Waals surface area contributed by atoms with Gasteiger partial charge in [0.1, 0.15) is 28.8 Å². The van der Waals surface area contributed by atoms with Crippen molar-refractivity contribution in [1.82, 2.24) is 9.61 Å². The van der Waals surface area contributed by atoms with Crippen molar-refractivity contribution in [2.45, 2.75) is 0 Å². The molecule has 27 heavy (non-hydrogen) atoms. The molecule has 0 aliphatic rings. The van der Waals surface area contributed by atoms with Gasteiger partial charge in [-0.25, -0.2) is 4.52 Å². The molecule has 4 rings (SSSR count). The van der Waals surface area contributed by atoms with Crippen molar-refractivity contribution < 1.29 is 9.47 Å². The van der Waals surface area contributed by atoms with Crippen LogP contribution in [-0.2, 0) is 0 Å². The third-order valence-corrected chi connectivity index (χ3v) is 4.09. The second-order valence-electron chi connectivity index (χ2n) is 5.79. The van der Waals surface area contributed by atoms with Crippen molar-refractivity contribution >= 4 is 16.9 Å². The van der Waals surface area contributed by atoms with Crippen molar-refractivity contribution in [1.29, 1.82) is 5.26 Å². The number of hydrogen-bond donors (Lipinski definition) is 1. The molecule has 0 aliphatic carbocycles. The Bertz CT molecular complexity index is 1110. The van der Waals surface area contributed by atoms with Crippen LogP contribution < -0.4 is 14.8 Å². The number of anilines is 2. The first-order valence-electron chi connectivity index (χ1n) is 8.33. The third kappa shape index (κ3) is 3.26. The molecule has 0 bridgehead atoms. The molecule has 0 aliphatic heterocycles. The average molecular weight is 356 g/mol. The molecule has 0 saturated heterocycles. The number of para-hydroxylation sites is 1. The highest BCUT2D eigenvalue weighted by molar-refractivity contribution is 5.86. The maximum Gasteiger partial charge on any atom is 0.148 e. The number of nitrogens with one attached hydrogen (secondary N) is 1.